The van der Waals surface area contributed by atoms with Crippen molar-refractivity contribution >= 4 is 29.2 Å². The Morgan fingerprint density at radius 3 is 2.67 bits per heavy atom. The molecule has 0 unspecified atom stereocenters. The Morgan fingerprint density at radius 2 is 1.95 bits per heavy atom. The second-order valence-electron chi connectivity index (χ2n) is 9.59. The summed E-state index contributed by atoms with van der Waals surface area (Å²) in [6.45, 7) is 7.70. The van der Waals surface area contributed by atoms with Crippen LogP contribution >= 0.6 is 11.3 Å². The summed E-state index contributed by atoms with van der Waals surface area (Å²) in [5, 5.41) is 9.52. The molecule has 208 valence electrons. The Kier molecular flexibility index (Phi) is 9.74. The fraction of sp³-hybridized carbons (Fsp3) is 0.519. The third-order valence-electron chi connectivity index (χ3n) is 6.23. The highest BCUT2D eigenvalue weighted by Gasteiger charge is 2.40. The minimum atomic E-state index is -0.735. The summed E-state index contributed by atoms with van der Waals surface area (Å²) in [5.41, 5.74) is 2.20. The summed E-state index contributed by atoms with van der Waals surface area (Å²) >= 11 is 1.36. The van der Waals surface area contributed by atoms with Crippen LogP contribution in [0.15, 0.2) is 24.4 Å². The second-order valence-corrected chi connectivity index (χ2v) is 10.9. The summed E-state index contributed by atoms with van der Waals surface area (Å²) in [4.78, 5) is 39.6. The van der Waals surface area contributed by atoms with E-state index in [-0.39, 0.29) is 18.8 Å². The molecular weight excluding hydrogens is 520 g/mol. The number of pyridine rings is 1. The molecule has 39 heavy (non-hydrogen) atoms. The molecule has 3 heterocycles. The Morgan fingerprint density at radius 1 is 1.10 bits per heavy atom. The van der Waals surface area contributed by atoms with Gasteiger partial charge in [-0.3, -0.25) is 14.7 Å². The first-order valence-electron chi connectivity index (χ1n) is 13.1. The number of aryl methyl sites for hydroxylation is 3. The molecule has 3 aromatic rings. The number of unbranched alkanes of at least 4 members (excludes halogenated alkanes) is 2. The van der Waals surface area contributed by atoms with Gasteiger partial charge in [-0.2, -0.15) is 4.98 Å². The number of amides is 1. The number of carbonyl (C=O) groups excluding carboxylic acids is 2. The summed E-state index contributed by atoms with van der Waals surface area (Å²) in [6.07, 6.45) is 5.10. The van der Waals surface area contributed by atoms with E-state index < -0.39 is 18.9 Å². The van der Waals surface area contributed by atoms with Crippen LogP contribution in [0.4, 0.5) is 10.6 Å². The molecule has 1 fully saturated rings. The molecule has 0 aromatic carbocycles. The second kappa shape index (κ2) is 13.4. The largest absolute Gasteiger partial charge is 0.477 e. The maximum absolute atomic E-state index is 13.1. The van der Waals surface area contributed by atoms with E-state index in [1.165, 1.54) is 16.2 Å². The van der Waals surface area contributed by atoms with E-state index in [9.17, 15) is 9.59 Å². The highest BCUT2D eigenvalue weighted by Crippen LogP contribution is 2.46. The molecule has 0 spiro atoms. The smallest absolute Gasteiger partial charge is 0.418 e. The van der Waals surface area contributed by atoms with E-state index in [1.54, 1.807) is 13.0 Å². The zero-order valence-electron chi connectivity index (χ0n) is 22.8. The number of nitrogens with zero attached hydrogens (tertiary/aromatic N) is 6. The number of ether oxygens (including phenoxy) is 3. The van der Waals surface area contributed by atoms with Gasteiger partial charge in [0.15, 0.2) is 0 Å². The van der Waals surface area contributed by atoms with Gasteiger partial charge in [0, 0.05) is 36.2 Å². The van der Waals surface area contributed by atoms with Crippen molar-refractivity contribution in [1.29, 1.82) is 0 Å². The first kappa shape index (κ1) is 28.3. The number of rotatable bonds is 13. The van der Waals surface area contributed by atoms with Crippen LogP contribution in [0.3, 0.4) is 0 Å². The van der Waals surface area contributed by atoms with Crippen molar-refractivity contribution in [2.24, 2.45) is 5.92 Å². The summed E-state index contributed by atoms with van der Waals surface area (Å²) in [5.74, 6) is 1.38. The van der Waals surface area contributed by atoms with Crippen LogP contribution in [0.2, 0.25) is 0 Å². The number of esters is 1. The molecule has 0 saturated heterocycles. The lowest BCUT2D eigenvalue weighted by molar-refractivity contribution is -0.151. The molecule has 0 N–H and O–H groups in total. The SMILES string of the molecule is CCCCCC(=O)OCOC(=O)N(Cc1nnc(C)s1)c1cc(OC[C@H]2C[C@@H]2c2ccc(C)cn2)nc(C)n1. The van der Waals surface area contributed by atoms with Crippen molar-refractivity contribution in [3.63, 3.8) is 0 Å². The van der Waals surface area contributed by atoms with Gasteiger partial charge in [-0.1, -0.05) is 37.2 Å². The lowest BCUT2D eigenvalue weighted by Crippen LogP contribution is -2.33. The van der Waals surface area contributed by atoms with Gasteiger partial charge in [-0.25, -0.2) is 9.78 Å². The third-order valence-corrected chi connectivity index (χ3v) is 7.05. The first-order valence-corrected chi connectivity index (χ1v) is 13.9. The Bertz CT molecular complexity index is 1270. The lowest BCUT2D eigenvalue weighted by atomic mass is 10.2. The highest BCUT2D eigenvalue weighted by atomic mass is 32.1. The van der Waals surface area contributed by atoms with Crippen LogP contribution < -0.4 is 9.64 Å². The Balaban J connectivity index is 1.40. The molecule has 3 aromatic heterocycles. The number of hydrogen-bond acceptors (Lipinski definition) is 11. The Labute approximate surface area is 232 Å². The van der Waals surface area contributed by atoms with Gasteiger partial charge in [-0.05, 0) is 45.2 Å². The van der Waals surface area contributed by atoms with Gasteiger partial charge in [-0.15, -0.1) is 10.2 Å². The first-order chi connectivity index (χ1) is 18.8. The molecule has 2 atom stereocenters. The van der Waals surface area contributed by atoms with E-state index in [1.807, 2.05) is 20.0 Å². The van der Waals surface area contributed by atoms with Crippen LogP contribution in [-0.2, 0) is 20.8 Å². The summed E-state index contributed by atoms with van der Waals surface area (Å²) in [6, 6.07) is 5.73. The molecule has 1 amide bonds. The van der Waals surface area contributed by atoms with Gasteiger partial charge in [0.05, 0.1) is 13.2 Å². The molecule has 1 aliphatic rings. The predicted molar refractivity (Wildman–Crippen MR) is 144 cm³/mol. The zero-order valence-corrected chi connectivity index (χ0v) is 23.6. The predicted octanol–water partition coefficient (Wildman–Crippen LogP) is 5.06. The molecule has 0 radical (unpaired) electrons. The van der Waals surface area contributed by atoms with Crippen molar-refractivity contribution < 1.29 is 23.8 Å². The number of anilines is 1. The molecule has 4 rings (SSSR count). The number of aromatic nitrogens is 5. The minimum Gasteiger partial charge on any atom is -0.477 e. The fourth-order valence-electron chi connectivity index (χ4n) is 4.01. The Hall–Kier alpha value is -3.67. The van der Waals surface area contributed by atoms with Crippen LogP contribution in [-0.4, -0.2) is 50.6 Å². The van der Waals surface area contributed by atoms with Gasteiger partial charge in [0.2, 0.25) is 12.7 Å². The van der Waals surface area contributed by atoms with Gasteiger partial charge >= 0.3 is 12.1 Å². The molecular formula is C27H34N6O5S. The normalized spacial score (nSPS) is 16.0. The summed E-state index contributed by atoms with van der Waals surface area (Å²) in [7, 11) is 0. The topological polar surface area (TPSA) is 130 Å². The van der Waals surface area contributed by atoms with E-state index in [2.05, 4.69) is 44.2 Å². The van der Waals surface area contributed by atoms with Crippen molar-refractivity contribution in [3.05, 3.63) is 51.5 Å². The minimum absolute atomic E-state index is 0.0778. The summed E-state index contributed by atoms with van der Waals surface area (Å²) < 4.78 is 16.4. The van der Waals surface area contributed by atoms with Gasteiger partial charge in [0.1, 0.15) is 21.7 Å². The quantitative estimate of drug-likeness (QED) is 0.161. The maximum atomic E-state index is 13.1. The van der Waals surface area contributed by atoms with Crippen LogP contribution in [0.25, 0.3) is 0 Å². The standard InChI is InChI=1S/C27H34N6O5S/c1-5-6-7-8-26(34)37-16-38-27(35)33(14-25-32-31-19(4)39-25)23-12-24(30-18(3)29-23)36-15-20-11-21(20)22-10-9-17(2)13-28-22/h9-10,12-13,20-21H,5-8,11,14-16H2,1-4H3/t20-,21+/m1/s1. The van der Waals surface area contributed by atoms with Gasteiger partial charge in [0.25, 0.3) is 0 Å². The highest BCUT2D eigenvalue weighted by molar-refractivity contribution is 7.11. The van der Waals surface area contributed by atoms with Crippen molar-refractivity contribution in [2.75, 3.05) is 18.3 Å². The molecule has 0 aliphatic heterocycles. The molecule has 12 heteroatoms. The maximum Gasteiger partial charge on any atom is 0.418 e. The third kappa shape index (κ3) is 8.41. The fourth-order valence-corrected chi connectivity index (χ4v) is 4.71. The van der Waals surface area contributed by atoms with E-state index >= 15 is 0 Å². The number of carbonyl (C=O) groups is 2. The molecule has 11 nitrogen and oxygen atoms in total. The van der Waals surface area contributed by atoms with Crippen molar-refractivity contribution in [3.8, 4) is 5.88 Å². The molecule has 1 saturated carbocycles. The molecule has 0 bridgehead atoms. The van der Waals surface area contributed by atoms with E-state index in [0.717, 1.165) is 41.9 Å². The van der Waals surface area contributed by atoms with Crippen LogP contribution in [0, 0.1) is 26.7 Å². The zero-order chi connectivity index (χ0) is 27.8. The number of hydrogen-bond donors (Lipinski definition) is 0. The van der Waals surface area contributed by atoms with E-state index in [0.29, 0.717) is 35.2 Å². The van der Waals surface area contributed by atoms with Crippen LogP contribution in [0.5, 0.6) is 5.88 Å². The van der Waals surface area contributed by atoms with Crippen molar-refractivity contribution in [2.45, 2.75) is 72.3 Å². The molecule has 1 aliphatic carbocycles. The lowest BCUT2D eigenvalue weighted by Gasteiger charge is -2.20. The van der Waals surface area contributed by atoms with Crippen molar-refractivity contribution in [1.82, 2.24) is 25.1 Å². The monoisotopic (exact) mass is 554 g/mol. The van der Waals surface area contributed by atoms with Crippen LogP contribution in [0.1, 0.15) is 72.0 Å². The van der Waals surface area contributed by atoms with Gasteiger partial charge < -0.3 is 14.2 Å². The average molecular weight is 555 g/mol. The average Bonchev–Trinajstić information content (AvgIpc) is 3.57. The van der Waals surface area contributed by atoms with E-state index in [4.69, 9.17) is 14.2 Å².